The van der Waals surface area contributed by atoms with E-state index in [9.17, 15) is 23.1 Å². The highest BCUT2D eigenvalue weighted by Crippen LogP contribution is 2.35. The summed E-state index contributed by atoms with van der Waals surface area (Å²) < 4.78 is 39.4. The van der Waals surface area contributed by atoms with Crippen LogP contribution in [0.2, 0.25) is 0 Å². The van der Waals surface area contributed by atoms with E-state index in [0.29, 0.717) is 13.0 Å². The van der Waals surface area contributed by atoms with Crippen molar-refractivity contribution in [1.82, 2.24) is 4.90 Å². The van der Waals surface area contributed by atoms with E-state index in [1.165, 1.54) is 17.0 Å². The Morgan fingerprint density at radius 2 is 2.14 bits per heavy atom. The number of halogens is 4. The predicted molar refractivity (Wildman–Crippen MR) is 74.8 cm³/mol. The number of likely N-dealkylation sites (tertiary alicyclic amines) is 1. The van der Waals surface area contributed by atoms with Gasteiger partial charge >= 0.3 is 6.18 Å². The molecule has 2 rings (SSSR count). The molecule has 1 aliphatic rings. The van der Waals surface area contributed by atoms with Crippen molar-refractivity contribution in [2.45, 2.75) is 25.6 Å². The number of carbonyl (C=O) groups is 1. The topological polar surface area (TPSA) is 40.5 Å². The van der Waals surface area contributed by atoms with Gasteiger partial charge in [-0.15, -0.1) is 0 Å². The van der Waals surface area contributed by atoms with E-state index >= 15 is 0 Å². The number of aliphatic hydroxyl groups is 1. The molecular weight excluding hydrogens is 351 g/mol. The SMILES string of the molecule is CC(O)C1CCN(C(=O)c2ccc(Br)cc2C(F)(F)F)C1. The summed E-state index contributed by atoms with van der Waals surface area (Å²) in [5.74, 6) is -0.725. The van der Waals surface area contributed by atoms with Crippen LogP contribution in [0.25, 0.3) is 0 Å². The molecule has 2 unspecified atom stereocenters. The first kappa shape index (κ1) is 16.3. The van der Waals surface area contributed by atoms with E-state index in [4.69, 9.17) is 0 Å². The third-order valence-corrected chi connectivity index (χ3v) is 4.20. The largest absolute Gasteiger partial charge is 0.417 e. The van der Waals surface area contributed by atoms with Gasteiger partial charge in [0, 0.05) is 23.5 Å². The first-order chi connectivity index (χ1) is 9.70. The van der Waals surface area contributed by atoms with Crippen LogP contribution < -0.4 is 0 Å². The zero-order valence-electron chi connectivity index (χ0n) is 11.3. The molecule has 1 heterocycles. The van der Waals surface area contributed by atoms with Crippen LogP contribution in [0.4, 0.5) is 13.2 Å². The van der Waals surface area contributed by atoms with Crippen molar-refractivity contribution in [3.63, 3.8) is 0 Å². The minimum Gasteiger partial charge on any atom is -0.393 e. The maximum Gasteiger partial charge on any atom is 0.417 e. The average Bonchev–Trinajstić information content (AvgIpc) is 2.86. The molecule has 0 bridgehead atoms. The van der Waals surface area contributed by atoms with Gasteiger partial charge in [-0.2, -0.15) is 13.2 Å². The monoisotopic (exact) mass is 365 g/mol. The third-order valence-electron chi connectivity index (χ3n) is 3.71. The molecule has 3 nitrogen and oxygen atoms in total. The van der Waals surface area contributed by atoms with Crippen LogP contribution in [0.1, 0.15) is 29.3 Å². The fourth-order valence-electron chi connectivity index (χ4n) is 2.47. The van der Waals surface area contributed by atoms with Crippen molar-refractivity contribution in [3.8, 4) is 0 Å². The first-order valence-corrected chi connectivity index (χ1v) is 7.33. The Morgan fingerprint density at radius 1 is 1.48 bits per heavy atom. The summed E-state index contributed by atoms with van der Waals surface area (Å²) in [4.78, 5) is 13.7. The molecule has 2 atom stereocenters. The molecule has 0 radical (unpaired) electrons. The van der Waals surface area contributed by atoms with Crippen LogP contribution in [0.5, 0.6) is 0 Å². The van der Waals surface area contributed by atoms with Crippen molar-refractivity contribution in [2.24, 2.45) is 5.92 Å². The highest BCUT2D eigenvalue weighted by atomic mass is 79.9. The summed E-state index contributed by atoms with van der Waals surface area (Å²) >= 11 is 2.99. The number of amides is 1. The predicted octanol–water partition coefficient (Wildman–Crippen LogP) is 3.31. The van der Waals surface area contributed by atoms with Gasteiger partial charge in [-0.25, -0.2) is 0 Å². The molecule has 1 aromatic carbocycles. The molecule has 7 heteroatoms. The van der Waals surface area contributed by atoms with Crippen molar-refractivity contribution in [1.29, 1.82) is 0 Å². The second kappa shape index (κ2) is 5.96. The second-order valence-corrected chi connectivity index (χ2v) is 6.14. The van der Waals surface area contributed by atoms with Crippen LogP contribution in [0.3, 0.4) is 0 Å². The third kappa shape index (κ3) is 3.58. The number of nitrogens with zero attached hydrogens (tertiary/aromatic N) is 1. The Hall–Kier alpha value is -1.08. The molecule has 0 aromatic heterocycles. The van der Waals surface area contributed by atoms with Gasteiger partial charge in [-0.05, 0) is 31.5 Å². The Balaban J connectivity index is 2.28. The van der Waals surface area contributed by atoms with E-state index in [1.54, 1.807) is 6.92 Å². The van der Waals surface area contributed by atoms with Crippen LogP contribution in [-0.2, 0) is 6.18 Å². The fraction of sp³-hybridized carbons (Fsp3) is 0.500. The molecule has 1 fully saturated rings. The minimum absolute atomic E-state index is 0.0845. The van der Waals surface area contributed by atoms with Gasteiger partial charge in [-0.3, -0.25) is 4.79 Å². The molecule has 1 N–H and O–H groups in total. The lowest BCUT2D eigenvalue weighted by Gasteiger charge is -2.20. The fourth-order valence-corrected chi connectivity index (χ4v) is 2.83. The lowest BCUT2D eigenvalue weighted by Crippen LogP contribution is -2.32. The molecule has 1 aliphatic heterocycles. The van der Waals surface area contributed by atoms with Gasteiger partial charge in [0.2, 0.25) is 0 Å². The number of rotatable bonds is 2. The molecule has 0 aliphatic carbocycles. The average molecular weight is 366 g/mol. The highest BCUT2D eigenvalue weighted by molar-refractivity contribution is 9.10. The number of alkyl halides is 3. The van der Waals surface area contributed by atoms with Gasteiger partial charge in [0.15, 0.2) is 0 Å². The van der Waals surface area contributed by atoms with Crippen LogP contribution in [0.15, 0.2) is 22.7 Å². The van der Waals surface area contributed by atoms with Crippen molar-refractivity contribution in [3.05, 3.63) is 33.8 Å². The van der Waals surface area contributed by atoms with Gasteiger partial charge in [0.05, 0.1) is 17.2 Å². The zero-order chi connectivity index (χ0) is 15.8. The molecule has 21 heavy (non-hydrogen) atoms. The van der Waals surface area contributed by atoms with Crippen LogP contribution in [-0.4, -0.2) is 35.1 Å². The number of carbonyl (C=O) groups excluding carboxylic acids is 1. The molecule has 0 spiro atoms. The van der Waals surface area contributed by atoms with Gasteiger partial charge in [0.25, 0.3) is 5.91 Å². The van der Waals surface area contributed by atoms with E-state index in [1.807, 2.05) is 0 Å². The molecule has 1 aromatic rings. The molecule has 116 valence electrons. The Kier molecular flexibility index (Phi) is 4.63. The molecular formula is C14H15BrF3NO2. The lowest BCUT2D eigenvalue weighted by molar-refractivity contribution is -0.138. The number of benzene rings is 1. The van der Waals surface area contributed by atoms with Gasteiger partial charge in [-0.1, -0.05) is 15.9 Å². The maximum atomic E-state index is 13.0. The standard InChI is InChI=1S/C14H15BrF3NO2/c1-8(20)9-4-5-19(7-9)13(21)11-3-2-10(15)6-12(11)14(16,17)18/h2-3,6,8-9,20H,4-5,7H2,1H3. The van der Waals surface area contributed by atoms with Gasteiger partial charge < -0.3 is 10.0 Å². The van der Waals surface area contributed by atoms with E-state index in [2.05, 4.69) is 15.9 Å². The highest BCUT2D eigenvalue weighted by Gasteiger charge is 2.38. The molecule has 1 amide bonds. The summed E-state index contributed by atoms with van der Waals surface area (Å²) in [7, 11) is 0. The Morgan fingerprint density at radius 3 is 2.67 bits per heavy atom. The minimum atomic E-state index is -4.59. The van der Waals surface area contributed by atoms with Crippen molar-refractivity contribution < 1.29 is 23.1 Å². The summed E-state index contributed by atoms with van der Waals surface area (Å²) in [5.41, 5.74) is -1.29. The molecule has 0 saturated carbocycles. The summed E-state index contributed by atoms with van der Waals surface area (Å²) in [5, 5.41) is 9.52. The van der Waals surface area contributed by atoms with E-state index in [-0.39, 0.29) is 22.5 Å². The number of aliphatic hydroxyl groups excluding tert-OH is 1. The normalized spacial score (nSPS) is 20.7. The first-order valence-electron chi connectivity index (χ1n) is 6.54. The quantitative estimate of drug-likeness (QED) is 0.873. The number of hydrogen-bond donors (Lipinski definition) is 1. The second-order valence-electron chi connectivity index (χ2n) is 5.23. The summed E-state index contributed by atoms with van der Waals surface area (Å²) in [6, 6.07) is 3.52. The van der Waals surface area contributed by atoms with E-state index < -0.39 is 23.8 Å². The summed E-state index contributed by atoms with van der Waals surface area (Å²) in [6.45, 7) is 2.27. The van der Waals surface area contributed by atoms with Crippen molar-refractivity contribution in [2.75, 3.05) is 13.1 Å². The van der Waals surface area contributed by atoms with Crippen LogP contribution in [0, 0.1) is 5.92 Å². The zero-order valence-corrected chi connectivity index (χ0v) is 12.9. The molecule has 1 saturated heterocycles. The maximum absolute atomic E-state index is 13.0. The summed E-state index contributed by atoms with van der Waals surface area (Å²) in [6.07, 6.45) is -4.56. The van der Waals surface area contributed by atoms with Crippen molar-refractivity contribution >= 4 is 21.8 Å². The number of hydrogen-bond acceptors (Lipinski definition) is 2. The Labute approximate surface area is 128 Å². The smallest absolute Gasteiger partial charge is 0.393 e. The van der Waals surface area contributed by atoms with Crippen LogP contribution >= 0.6 is 15.9 Å². The van der Waals surface area contributed by atoms with Gasteiger partial charge in [0.1, 0.15) is 0 Å². The Bertz CT molecular complexity index is 546. The van der Waals surface area contributed by atoms with E-state index in [0.717, 1.165) is 6.07 Å². The lowest BCUT2D eigenvalue weighted by atomic mass is 10.0.